The standard InChI is InChI=1S/C23H38O5.C21H34O4.2C3H6O/c1-3-4-15-18-22(28-26-2)19-16-13-11-9-7-5-6-8-10-12-14-17-20-27-21-23(24)25;1-3-4-14-17-20(25-24-2)18-15-12-10-8-6-5-7-9-11-13-16-19-21(22)23;2*1-3(2)4/h5,7-8,10-11,13,16,19,22H,3-4,6,9,12,14-15,17-18,20-21H2,1-2H3,(H,24,25);5-6,9-12,15,18,20H,3-4,7-8,13-14,16-17,19H2,1-2H3,(H,22,23);2*1-2H3/b7-5-,10-8-,13-11-,19-16+;6-5-,11-9-,12-10-,18-15+;;. The van der Waals surface area contributed by atoms with Crippen molar-refractivity contribution in [2.75, 3.05) is 27.4 Å². The summed E-state index contributed by atoms with van der Waals surface area (Å²) in [7, 11) is 3.09. The highest BCUT2D eigenvalue weighted by Gasteiger charge is 2.05. The molecule has 0 fully saturated rings. The fraction of sp³-hybridized carbons (Fsp3) is 0.600. The summed E-state index contributed by atoms with van der Waals surface area (Å²) in [6, 6.07) is 0. The second kappa shape index (κ2) is 56.0. The fourth-order valence-electron chi connectivity index (χ4n) is 4.61. The molecule has 61 heavy (non-hydrogen) atoms. The summed E-state index contributed by atoms with van der Waals surface area (Å²) < 4.78 is 4.98. The monoisotopic (exact) mass is 861 g/mol. The van der Waals surface area contributed by atoms with Gasteiger partial charge in [-0.05, 0) is 98.3 Å². The third-order valence-electron chi connectivity index (χ3n) is 7.42. The molecule has 0 heterocycles. The number of allylic oxidation sites excluding steroid dienone is 14. The molecule has 0 radical (unpaired) electrons. The summed E-state index contributed by atoms with van der Waals surface area (Å²) >= 11 is 0. The number of rotatable bonds is 35. The van der Waals surface area contributed by atoms with Gasteiger partial charge in [0.2, 0.25) is 0 Å². The number of carboxylic acid groups (broad SMARTS) is 2. The van der Waals surface area contributed by atoms with Gasteiger partial charge in [-0.3, -0.25) is 4.79 Å². The molecule has 0 aromatic rings. The Labute approximate surface area is 370 Å². The lowest BCUT2D eigenvalue weighted by Gasteiger charge is -2.10. The van der Waals surface area contributed by atoms with Gasteiger partial charge in [-0.2, -0.15) is 0 Å². The van der Waals surface area contributed by atoms with E-state index in [-0.39, 0.29) is 36.8 Å². The lowest BCUT2D eigenvalue weighted by molar-refractivity contribution is -0.294. The second-order valence-electron chi connectivity index (χ2n) is 14.1. The van der Waals surface area contributed by atoms with Gasteiger partial charge in [0.25, 0.3) is 0 Å². The first-order valence-electron chi connectivity index (χ1n) is 22.0. The van der Waals surface area contributed by atoms with Crippen molar-refractivity contribution in [2.45, 2.75) is 169 Å². The molecule has 0 aromatic heterocycles. The molecule has 11 nitrogen and oxygen atoms in total. The highest BCUT2D eigenvalue weighted by atomic mass is 17.2. The Balaban J connectivity index is -0.000000453. The molecule has 2 N–H and O–H groups in total. The molecule has 2 unspecified atom stereocenters. The van der Waals surface area contributed by atoms with Crippen LogP contribution in [0.3, 0.4) is 0 Å². The number of ether oxygens (including phenoxy) is 1. The third-order valence-corrected chi connectivity index (χ3v) is 7.42. The smallest absolute Gasteiger partial charge is 0.329 e. The lowest BCUT2D eigenvalue weighted by Crippen LogP contribution is -2.08. The van der Waals surface area contributed by atoms with E-state index in [4.69, 9.17) is 34.5 Å². The predicted octanol–water partition coefficient (Wildman–Crippen LogP) is 12.8. The number of ketones is 2. The van der Waals surface area contributed by atoms with Gasteiger partial charge in [-0.25, -0.2) is 24.3 Å². The van der Waals surface area contributed by atoms with E-state index in [0.29, 0.717) is 13.0 Å². The number of hydrogen-bond donors (Lipinski definition) is 2. The predicted molar refractivity (Wildman–Crippen MR) is 250 cm³/mol. The fourth-order valence-corrected chi connectivity index (χ4v) is 4.61. The Hall–Kier alpha value is -4.00. The number of carbonyl (C=O) groups excluding carboxylic acids is 2. The van der Waals surface area contributed by atoms with Crippen LogP contribution in [-0.4, -0.2) is 73.4 Å². The molecule has 0 spiro atoms. The zero-order valence-electron chi connectivity index (χ0n) is 39.1. The van der Waals surface area contributed by atoms with E-state index in [1.54, 1.807) is 14.2 Å². The van der Waals surface area contributed by atoms with Crippen LogP contribution in [-0.2, 0) is 43.5 Å². The Bertz CT molecular complexity index is 1220. The number of carbonyl (C=O) groups is 4. The summed E-state index contributed by atoms with van der Waals surface area (Å²) in [5, 5.41) is 17.0. The van der Waals surface area contributed by atoms with E-state index in [9.17, 15) is 19.2 Å². The molecule has 0 aliphatic rings. The summed E-state index contributed by atoms with van der Waals surface area (Å²) in [5.41, 5.74) is 0. The van der Waals surface area contributed by atoms with Crippen LogP contribution < -0.4 is 0 Å². The van der Waals surface area contributed by atoms with Gasteiger partial charge in [0, 0.05) is 13.0 Å². The minimum atomic E-state index is -0.913. The maximum atomic E-state index is 10.4. The van der Waals surface area contributed by atoms with Crippen molar-refractivity contribution >= 4 is 23.5 Å². The normalized spacial score (nSPS) is 12.7. The SMILES string of the molecule is CC(C)=O.CC(C)=O.CCCCCC(/C=C/C=C\C/C=C\C/C=C\CCCC(=O)O)OOC.CCCCCC(/C=C/C=C\C/C=C\C/C=C\CCCCOCC(=O)O)OOC. The average Bonchev–Trinajstić information content (AvgIpc) is 3.19. The number of unbranched alkanes of at least 4 members (excludes halogenated alkanes) is 7. The molecule has 2 atom stereocenters. The maximum absolute atomic E-state index is 10.4. The highest BCUT2D eigenvalue weighted by molar-refractivity contribution is 5.72. The number of hydrogen-bond acceptors (Lipinski definition) is 9. The van der Waals surface area contributed by atoms with Crippen molar-refractivity contribution in [1.29, 1.82) is 0 Å². The van der Waals surface area contributed by atoms with Crippen molar-refractivity contribution in [1.82, 2.24) is 0 Å². The van der Waals surface area contributed by atoms with E-state index in [2.05, 4.69) is 68.5 Å². The Morgan fingerprint density at radius 3 is 1.26 bits per heavy atom. The number of aliphatic carboxylic acids is 2. The van der Waals surface area contributed by atoms with Gasteiger partial charge in [0.1, 0.15) is 30.4 Å². The van der Waals surface area contributed by atoms with Crippen LogP contribution in [0.25, 0.3) is 0 Å². The summed E-state index contributed by atoms with van der Waals surface area (Å²) in [5.74, 6) is -1.31. The number of Topliss-reactive ketones (excluding diaryl/α,β-unsaturated/α-hetero) is 2. The minimum Gasteiger partial charge on any atom is -0.481 e. The van der Waals surface area contributed by atoms with Crippen LogP contribution in [0, 0.1) is 0 Å². The molecule has 0 aromatic carbocycles. The molecule has 350 valence electrons. The van der Waals surface area contributed by atoms with Crippen LogP contribution in [0.2, 0.25) is 0 Å². The first-order valence-corrected chi connectivity index (χ1v) is 22.0. The average molecular weight is 861 g/mol. The quantitative estimate of drug-likeness (QED) is 0.0206. The van der Waals surface area contributed by atoms with Crippen LogP contribution in [0.1, 0.15) is 157 Å². The maximum Gasteiger partial charge on any atom is 0.329 e. The van der Waals surface area contributed by atoms with Crippen molar-refractivity contribution in [3.8, 4) is 0 Å². The van der Waals surface area contributed by atoms with Gasteiger partial charge < -0.3 is 24.5 Å². The zero-order valence-corrected chi connectivity index (χ0v) is 39.1. The van der Waals surface area contributed by atoms with E-state index < -0.39 is 11.9 Å². The largest absolute Gasteiger partial charge is 0.481 e. The summed E-state index contributed by atoms with van der Waals surface area (Å²) in [6.07, 6.45) is 50.8. The molecule has 0 bridgehead atoms. The van der Waals surface area contributed by atoms with E-state index >= 15 is 0 Å². The van der Waals surface area contributed by atoms with Crippen LogP contribution in [0.4, 0.5) is 0 Å². The van der Waals surface area contributed by atoms with E-state index in [1.807, 2.05) is 42.5 Å². The number of carboxylic acids is 2. The molecule has 0 amide bonds. The van der Waals surface area contributed by atoms with Gasteiger partial charge in [-0.15, -0.1) is 0 Å². The Morgan fingerprint density at radius 2 is 0.885 bits per heavy atom. The molecular formula is C50H84O11. The van der Waals surface area contributed by atoms with Crippen molar-refractivity contribution < 1.29 is 53.7 Å². The molecule has 0 aliphatic heterocycles. The van der Waals surface area contributed by atoms with Gasteiger partial charge in [0.15, 0.2) is 0 Å². The summed E-state index contributed by atoms with van der Waals surface area (Å²) in [4.78, 5) is 59.6. The molecule has 0 rings (SSSR count). The third kappa shape index (κ3) is 73.9. The van der Waals surface area contributed by atoms with Crippen molar-refractivity contribution in [2.24, 2.45) is 0 Å². The van der Waals surface area contributed by atoms with Crippen molar-refractivity contribution in [3.05, 3.63) is 97.2 Å². The van der Waals surface area contributed by atoms with Crippen LogP contribution in [0.15, 0.2) is 97.2 Å². The van der Waals surface area contributed by atoms with Crippen LogP contribution >= 0.6 is 0 Å². The van der Waals surface area contributed by atoms with E-state index in [0.717, 1.165) is 77.0 Å². The van der Waals surface area contributed by atoms with Gasteiger partial charge >= 0.3 is 11.9 Å². The molecule has 0 aliphatic carbocycles. The minimum absolute atomic E-state index is 0.0167. The second-order valence-corrected chi connectivity index (χ2v) is 14.1. The molecule has 0 saturated heterocycles. The first kappa shape index (κ1) is 63.6. The zero-order chi connectivity index (χ0) is 46.5. The molecular weight excluding hydrogens is 777 g/mol. The summed E-state index contributed by atoms with van der Waals surface area (Å²) in [6.45, 7) is 10.8. The Kier molecular flexibility index (Phi) is 58.4. The Morgan fingerprint density at radius 1 is 0.492 bits per heavy atom. The molecule has 0 saturated carbocycles. The van der Waals surface area contributed by atoms with Gasteiger partial charge in [-0.1, -0.05) is 150 Å². The first-order chi connectivity index (χ1) is 29.4. The molecule has 11 heteroatoms. The van der Waals surface area contributed by atoms with E-state index in [1.165, 1.54) is 53.4 Å². The lowest BCUT2D eigenvalue weighted by atomic mass is 10.1. The van der Waals surface area contributed by atoms with Crippen molar-refractivity contribution in [3.63, 3.8) is 0 Å². The van der Waals surface area contributed by atoms with Gasteiger partial charge in [0.05, 0.1) is 14.2 Å². The van der Waals surface area contributed by atoms with Crippen LogP contribution in [0.5, 0.6) is 0 Å². The highest BCUT2D eigenvalue weighted by Crippen LogP contribution is 2.10. The topological polar surface area (TPSA) is 155 Å².